The Balaban J connectivity index is 1.68. The lowest BCUT2D eigenvalue weighted by molar-refractivity contribution is 0.101. The number of nitrogens with zero attached hydrogens (tertiary/aromatic N) is 1. The van der Waals surface area contributed by atoms with Gasteiger partial charge in [0.1, 0.15) is 0 Å². The van der Waals surface area contributed by atoms with Crippen molar-refractivity contribution in [2.24, 2.45) is 0 Å². The first kappa shape index (κ1) is 16.2. The summed E-state index contributed by atoms with van der Waals surface area (Å²) in [7, 11) is 0. The minimum atomic E-state index is 0.142. The summed E-state index contributed by atoms with van der Waals surface area (Å²) in [5, 5.41) is 5.93. The first-order valence-corrected chi connectivity index (χ1v) is 8.70. The molecule has 0 saturated carbocycles. The Morgan fingerprint density at radius 2 is 1.87 bits per heavy atom. The number of rotatable bonds is 6. The molecule has 0 aliphatic carbocycles. The van der Waals surface area contributed by atoms with Crippen LogP contribution in [0.1, 0.15) is 42.1 Å². The van der Waals surface area contributed by atoms with E-state index in [1.54, 1.807) is 6.92 Å². The molecule has 1 aliphatic heterocycles. The SMILES string of the molecule is CC(=O)c1ccc2ccccc2c1CNCCN1CCCCC1. The molecule has 0 amide bonds. The van der Waals surface area contributed by atoms with Gasteiger partial charge >= 0.3 is 0 Å². The van der Waals surface area contributed by atoms with Gasteiger partial charge < -0.3 is 10.2 Å². The highest BCUT2D eigenvalue weighted by Gasteiger charge is 2.12. The first-order valence-electron chi connectivity index (χ1n) is 8.70. The standard InChI is InChI=1S/C20H26N2O/c1-16(23)18-10-9-17-7-3-4-8-19(17)20(18)15-21-11-14-22-12-5-2-6-13-22/h3-4,7-10,21H,2,5-6,11-15H2,1H3. The van der Waals surface area contributed by atoms with Crippen LogP contribution in [0, 0.1) is 0 Å². The third kappa shape index (κ3) is 3.98. The molecule has 0 atom stereocenters. The van der Waals surface area contributed by atoms with E-state index in [0.29, 0.717) is 0 Å². The van der Waals surface area contributed by atoms with Gasteiger partial charge in [-0.25, -0.2) is 0 Å². The number of carbonyl (C=O) groups excluding carboxylic acids is 1. The maximum absolute atomic E-state index is 12.0. The summed E-state index contributed by atoms with van der Waals surface area (Å²) in [6.07, 6.45) is 4.04. The molecule has 1 N–H and O–H groups in total. The van der Waals surface area contributed by atoms with Gasteiger partial charge in [0, 0.05) is 25.2 Å². The Hall–Kier alpha value is -1.71. The van der Waals surface area contributed by atoms with Gasteiger partial charge in [0.05, 0.1) is 0 Å². The molecule has 3 nitrogen and oxygen atoms in total. The fraction of sp³-hybridized carbons (Fsp3) is 0.450. The third-order valence-corrected chi connectivity index (χ3v) is 4.78. The van der Waals surface area contributed by atoms with E-state index in [4.69, 9.17) is 0 Å². The Morgan fingerprint density at radius 1 is 1.09 bits per heavy atom. The van der Waals surface area contributed by atoms with Gasteiger partial charge in [-0.1, -0.05) is 42.8 Å². The highest BCUT2D eigenvalue weighted by Crippen LogP contribution is 2.23. The van der Waals surface area contributed by atoms with Crippen LogP contribution in [-0.4, -0.2) is 36.9 Å². The van der Waals surface area contributed by atoms with Gasteiger partial charge in [-0.2, -0.15) is 0 Å². The Kier molecular flexibility index (Phi) is 5.42. The number of hydrogen-bond donors (Lipinski definition) is 1. The predicted octanol–water partition coefficient (Wildman–Crippen LogP) is 3.62. The van der Waals surface area contributed by atoms with Crippen LogP contribution in [0.3, 0.4) is 0 Å². The third-order valence-electron chi connectivity index (χ3n) is 4.78. The van der Waals surface area contributed by atoms with E-state index in [0.717, 1.165) is 30.8 Å². The highest BCUT2D eigenvalue weighted by molar-refractivity contribution is 6.01. The molecule has 0 unspecified atom stereocenters. The molecule has 0 aromatic heterocycles. The number of piperidine rings is 1. The summed E-state index contributed by atoms with van der Waals surface area (Å²) in [5.74, 6) is 0.142. The lowest BCUT2D eigenvalue weighted by atomic mass is 9.97. The predicted molar refractivity (Wildman–Crippen MR) is 96.0 cm³/mol. The van der Waals surface area contributed by atoms with Crippen molar-refractivity contribution in [2.75, 3.05) is 26.2 Å². The van der Waals surface area contributed by atoms with E-state index in [-0.39, 0.29) is 5.78 Å². The number of fused-ring (bicyclic) bond motifs is 1. The molecule has 3 rings (SSSR count). The van der Waals surface area contributed by atoms with Crippen LogP contribution < -0.4 is 5.32 Å². The van der Waals surface area contributed by atoms with Crippen molar-refractivity contribution in [3.05, 3.63) is 47.5 Å². The molecule has 0 radical (unpaired) electrons. The van der Waals surface area contributed by atoms with Crippen molar-refractivity contribution in [2.45, 2.75) is 32.7 Å². The van der Waals surface area contributed by atoms with Gasteiger partial charge in [0.25, 0.3) is 0 Å². The fourth-order valence-corrected chi connectivity index (χ4v) is 3.49. The summed E-state index contributed by atoms with van der Waals surface area (Å²) >= 11 is 0. The number of hydrogen-bond acceptors (Lipinski definition) is 3. The molecule has 0 spiro atoms. The van der Waals surface area contributed by atoms with Crippen molar-refractivity contribution < 1.29 is 4.79 Å². The van der Waals surface area contributed by atoms with Gasteiger partial charge in [-0.3, -0.25) is 4.79 Å². The summed E-state index contributed by atoms with van der Waals surface area (Å²) in [4.78, 5) is 14.5. The summed E-state index contributed by atoms with van der Waals surface area (Å²) < 4.78 is 0. The summed E-state index contributed by atoms with van der Waals surface area (Å²) in [6, 6.07) is 12.3. The molecule has 23 heavy (non-hydrogen) atoms. The van der Waals surface area contributed by atoms with Gasteiger partial charge in [0.2, 0.25) is 0 Å². The quantitative estimate of drug-likeness (QED) is 0.653. The Labute approximate surface area is 138 Å². The van der Waals surface area contributed by atoms with Crippen molar-refractivity contribution in [1.82, 2.24) is 10.2 Å². The minimum absolute atomic E-state index is 0.142. The van der Waals surface area contributed by atoms with Crippen LogP contribution >= 0.6 is 0 Å². The molecule has 2 aromatic carbocycles. The number of Topliss-reactive ketones (excluding diaryl/α,β-unsaturated/α-hetero) is 1. The minimum Gasteiger partial charge on any atom is -0.311 e. The molecule has 1 aliphatic rings. The average molecular weight is 310 g/mol. The van der Waals surface area contributed by atoms with Crippen molar-refractivity contribution in [3.8, 4) is 0 Å². The second kappa shape index (κ2) is 7.71. The van der Waals surface area contributed by atoms with Crippen molar-refractivity contribution >= 4 is 16.6 Å². The van der Waals surface area contributed by atoms with Crippen LogP contribution in [-0.2, 0) is 6.54 Å². The lowest BCUT2D eigenvalue weighted by Crippen LogP contribution is -2.35. The average Bonchev–Trinajstić information content (AvgIpc) is 2.59. The molecule has 0 bridgehead atoms. The van der Waals surface area contributed by atoms with Crippen LogP contribution in [0.25, 0.3) is 10.8 Å². The van der Waals surface area contributed by atoms with Gasteiger partial charge in [-0.15, -0.1) is 0 Å². The molecular formula is C20H26N2O. The topological polar surface area (TPSA) is 32.3 Å². The van der Waals surface area contributed by atoms with Crippen molar-refractivity contribution in [3.63, 3.8) is 0 Å². The number of nitrogens with one attached hydrogen (secondary N) is 1. The largest absolute Gasteiger partial charge is 0.311 e. The van der Waals surface area contributed by atoms with E-state index in [1.807, 2.05) is 24.3 Å². The van der Waals surface area contributed by atoms with Crippen LogP contribution in [0.5, 0.6) is 0 Å². The lowest BCUT2D eigenvalue weighted by Gasteiger charge is -2.26. The van der Waals surface area contributed by atoms with Crippen LogP contribution in [0.4, 0.5) is 0 Å². The smallest absolute Gasteiger partial charge is 0.160 e. The van der Waals surface area contributed by atoms with Gasteiger partial charge in [-0.05, 0) is 49.2 Å². The van der Waals surface area contributed by atoms with E-state index in [1.165, 1.54) is 43.1 Å². The van der Waals surface area contributed by atoms with Crippen molar-refractivity contribution in [1.29, 1.82) is 0 Å². The molecule has 1 fully saturated rings. The Morgan fingerprint density at radius 3 is 2.65 bits per heavy atom. The molecule has 2 aromatic rings. The number of carbonyl (C=O) groups is 1. The Bertz CT molecular complexity index is 674. The second-order valence-electron chi connectivity index (χ2n) is 6.45. The van der Waals surface area contributed by atoms with E-state index in [2.05, 4.69) is 22.3 Å². The van der Waals surface area contributed by atoms with Gasteiger partial charge in [0.15, 0.2) is 5.78 Å². The molecule has 3 heteroatoms. The van der Waals surface area contributed by atoms with E-state index >= 15 is 0 Å². The highest BCUT2D eigenvalue weighted by atomic mass is 16.1. The normalized spacial score (nSPS) is 15.9. The fourth-order valence-electron chi connectivity index (χ4n) is 3.49. The summed E-state index contributed by atoms with van der Waals surface area (Å²) in [6.45, 7) is 6.94. The van der Waals surface area contributed by atoms with E-state index < -0.39 is 0 Å². The zero-order valence-corrected chi connectivity index (χ0v) is 14.0. The zero-order valence-electron chi connectivity index (χ0n) is 14.0. The molecular weight excluding hydrogens is 284 g/mol. The monoisotopic (exact) mass is 310 g/mol. The molecule has 122 valence electrons. The maximum atomic E-state index is 12.0. The first-order chi connectivity index (χ1) is 11.3. The molecule has 1 heterocycles. The van der Waals surface area contributed by atoms with E-state index in [9.17, 15) is 4.79 Å². The number of benzene rings is 2. The van der Waals surface area contributed by atoms with Crippen LogP contribution in [0.15, 0.2) is 36.4 Å². The second-order valence-corrected chi connectivity index (χ2v) is 6.45. The number of ketones is 1. The zero-order chi connectivity index (χ0) is 16.1. The van der Waals surface area contributed by atoms with Crippen LogP contribution in [0.2, 0.25) is 0 Å². The number of likely N-dealkylation sites (tertiary alicyclic amines) is 1. The maximum Gasteiger partial charge on any atom is 0.160 e. The molecule has 1 saturated heterocycles. The summed E-state index contributed by atoms with van der Waals surface area (Å²) in [5.41, 5.74) is 1.98.